The van der Waals surface area contributed by atoms with E-state index in [1.807, 2.05) is 64.1 Å². The topological polar surface area (TPSA) is 86.8 Å². The molecule has 9 heteroatoms. The van der Waals surface area contributed by atoms with Crippen LogP contribution in [0.4, 0.5) is 5.69 Å². The molecule has 0 unspecified atom stereocenters. The number of rotatable bonds is 12. The lowest BCUT2D eigenvalue weighted by atomic mass is 10.0. The lowest BCUT2D eigenvalue weighted by Gasteiger charge is -2.34. The van der Waals surface area contributed by atoms with E-state index >= 15 is 0 Å². The first-order valence-corrected chi connectivity index (χ1v) is 16.3. The third-order valence-electron chi connectivity index (χ3n) is 7.36. The highest BCUT2D eigenvalue weighted by atomic mass is 35.5. The molecular formula is C35H38ClN3O4S. The molecule has 0 fully saturated rings. The van der Waals surface area contributed by atoms with Crippen LogP contribution in [0.25, 0.3) is 0 Å². The van der Waals surface area contributed by atoms with Gasteiger partial charge in [-0.15, -0.1) is 0 Å². The van der Waals surface area contributed by atoms with E-state index in [2.05, 4.69) is 5.32 Å². The Morgan fingerprint density at radius 3 is 2.00 bits per heavy atom. The maximum atomic E-state index is 14.5. The maximum absolute atomic E-state index is 14.5. The van der Waals surface area contributed by atoms with Gasteiger partial charge in [0.05, 0.1) is 10.6 Å². The third-order valence-corrected chi connectivity index (χ3v) is 9.40. The summed E-state index contributed by atoms with van der Waals surface area (Å²) < 4.78 is 29.3. The number of sulfonamides is 1. The number of carbonyl (C=O) groups excluding carboxylic acids is 2. The quantitative estimate of drug-likeness (QED) is 0.198. The minimum absolute atomic E-state index is 0.0636. The maximum Gasteiger partial charge on any atom is 0.264 e. The second-order valence-corrected chi connectivity index (χ2v) is 13.4. The van der Waals surface area contributed by atoms with Crippen molar-refractivity contribution in [2.75, 3.05) is 10.8 Å². The van der Waals surface area contributed by atoms with E-state index in [1.165, 1.54) is 17.0 Å². The van der Waals surface area contributed by atoms with Gasteiger partial charge >= 0.3 is 0 Å². The van der Waals surface area contributed by atoms with Crippen LogP contribution >= 0.6 is 11.6 Å². The highest BCUT2D eigenvalue weighted by Crippen LogP contribution is 2.27. The Labute approximate surface area is 265 Å². The van der Waals surface area contributed by atoms with Crippen molar-refractivity contribution in [3.8, 4) is 0 Å². The zero-order valence-electron chi connectivity index (χ0n) is 25.4. The van der Waals surface area contributed by atoms with Crippen LogP contribution < -0.4 is 9.62 Å². The Bertz CT molecular complexity index is 1680. The van der Waals surface area contributed by atoms with Gasteiger partial charge in [-0.05, 0) is 86.3 Å². The molecular weight excluding hydrogens is 594 g/mol. The molecule has 7 nitrogen and oxygen atoms in total. The van der Waals surface area contributed by atoms with Crippen molar-refractivity contribution in [2.24, 2.45) is 0 Å². The van der Waals surface area contributed by atoms with Crippen LogP contribution in [0.1, 0.15) is 36.1 Å². The van der Waals surface area contributed by atoms with E-state index in [0.717, 1.165) is 26.6 Å². The van der Waals surface area contributed by atoms with Gasteiger partial charge < -0.3 is 10.2 Å². The number of benzene rings is 4. The molecule has 44 heavy (non-hydrogen) atoms. The largest absolute Gasteiger partial charge is 0.352 e. The number of anilines is 1. The lowest BCUT2D eigenvalue weighted by molar-refractivity contribution is -0.140. The summed E-state index contributed by atoms with van der Waals surface area (Å²) in [4.78, 5) is 29.7. The van der Waals surface area contributed by atoms with Gasteiger partial charge in [0.25, 0.3) is 10.0 Å². The number of aryl methyl sites for hydroxylation is 2. The number of carbonyl (C=O) groups is 2. The SMILES string of the molecule is Cc1ccc(N(CC(=O)N(Cc2ccc(Cl)cc2)[C@H](Cc2ccccc2)C(=O)NC(C)C)S(=O)(=O)c2ccccc2)cc1C. The Kier molecular flexibility index (Phi) is 10.8. The molecule has 0 spiro atoms. The standard InChI is InChI=1S/C35H38ClN3O4S/c1-25(2)37-35(41)33(22-28-11-7-5-8-12-28)38(23-29-16-18-30(36)19-17-29)34(40)24-39(31-20-15-26(3)27(4)21-31)44(42,43)32-13-9-6-10-14-32/h5-21,25,33H,22-24H2,1-4H3,(H,37,41)/t33-/m1/s1. The highest BCUT2D eigenvalue weighted by molar-refractivity contribution is 7.92. The second-order valence-electron chi connectivity index (χ2n) is 11.1. The average Bonchev–Trinajstić information content (AvgIpc) is 3.00. The molecule has 1 N–H and O–H groups in total. The summed E-state index contributed by atoms with van der Waals surface area (Å²) in [5.41, 5.74) is 3.87. The molecule has 0 aromatic heterocycles. The highest BCUT2D eigenvalue weighted by Gasteiger charge is 2.34. The fraction of sp³-hybridized carbons (Fsp3) is 0.257. The summed E-state index contributed by atoms with van der Waals surface area (Å²) in [6, 6.07) is 28.8. The number of hydrogen-bond donors (Lipinski definition) is 1. The van der Waals surface area contributed by atoms with Crippen LogP contribution in [0.5, 0.6) is 0 Å². The van der Waals surface area contributed by atoms with E-state index in [-0.39, 0.29) is 29.8 Å². The third kappa shape index (κ3) is 8.27. The van der Waals surface area contributed by atoms with Crippen molar-refractivity contribution in [3.05, 3.63) is 130 Å². The van der Waals surface area contributed by atoms with Gasteiger partial charge in [-0.25, -0.2) is 8.42 Å². The van der Waals surface area contributed by atoms with E-state index in [4.69, 9.17) is 11.6 Å². The van der Waals surface area contributed by atoms with Gasteiger partial charge in [-0.1, -0.05) is 78.3 Å². The first-order chi connectivity index (χ1) is 21.0. The molecule has 2 amide bonds. The van der Waals surface area contributed by atoms with Crippen molar-refractivity contribution < 1.29 is 18.0 Å². The normalized spacial score (nSPS) is 12.0. The molecule has 0 bridgehead atoms. The van der Waals surface area contributed by atoms with Crippen molar-refractivity contribution in [1.29, 1.82) is 0 Å². The molecule has 230 valence electrons. The predicted octanol–water partition coefficient (Wildman–Crippen LogP) is 6.32. The molecule has 0 aliphatic rings. The van der Waals surface area contributed by atoms with Crippen molar-refractivity contribution in [3.63, 3.8) is 0 Å². The second kappa shape index (κ2) is 14.6. The summed E-state index contributed by atoms with van der Waals surface area (Å²) >= 11 is 6.14. The Balaban J connectivity index is 1.81. The number of hydrogen-bond acceptors (Lipinski definition) is 4. The molecule has 4 rings (SSSR count). The average molecular weight is 632 g/mol. The summed E-state index contributed by atoms with van der Waals surface area (Å²) in [6.07, 6.45) is 0.244. The number of halogens is 1. The van der Waals surface area contributed by atoms with Crippen LogP contribution in [0.3, 0.4) is 0 Å². The summed E-state index contributed by atoms with van der Waals surface area (Å²) in [7, 11) is -4.15. The molecule has 0 saturated heterocycles. The Hall–Kier alpha value is -4.14. The summed E-state index contributed by atoms with van der Waals surface area (Å²) in [5.74, 6) is -0.840. The van der Waals surface area contributed by atoms with E-state index in [0.29, 0.717) is 10.7 Å². The first-order valence-electron chi connectivity index (χ1n) is 14.5. The zero-order chi connectivity index (χ0) is 31.9. The minimum atomic E-state index is -4.15. The van der Waals surface area contributed by atoms with Gasteiger partial charge in [-0.2, -0.15) is 0 Å². The van der Waals surface area contributed by atoms with Gasteiger partial charge in [0, 0.05) is 24.0 Å². The van der Waals surface area contributed by atoms with Crippen molar-refractivity contribution >= 4 is 39.1 Å². The number of nitrogens with zero attached hydrogens (tertiary/aromatic N) is 2. The van der Waals surface area contributed by atoms with Gasteiger partial charge in [0.1, 0.15) is 12.6 Å². The molecule has 0 radical (unpaired) electrons. The molecule has 4 aromatic rings. The Morgan fingerprint density at radius 2 is 1.41 bits per heavy atom. The minimum Gasteiger partial charge on any atom is -0.352 e. The summed E-state index contributed by atoms with van der Waals surface area (Å²) in [5, 5.41) is 3.50. The van der Waals surface area contributed by atoms with Crippen LogP contribution in [-0.4, -0.2) is 43.8 Å². The van der Waals surface area contributed by atoms with Crippen molar-refractivity contribution in [2.45, 2.75) is 57.6 Å². The van der Waals surface area contributed by atoms with E-state index in [1.54, 1.807) is 54.6 Å². The smallest absolute Gasteiger partial charge is 0.264 e. The molecule has 0 aliphatic heterocycles. The first kappa shape index (κ1) is 32.8. The fourth-order valence-electron chi connectivity index (χ4n) is 4.85. The number of amides is 2. The van der Waals surface area contributed by atoms with Gasteiger partial charge in [0.15, 0.2) is 0 Å². The predicted molar refractivity (Wildman–Crippen MR) is 176 cm³/mol. The van der Waals surface area contributed by atoms with Crippen molar-refractivity contribution in [1.82, 2.24) is 10.2 Å². The van der Waals surface area contributed by atoms with Crippen LogP contribution in [0.2, 0.25) is 5.02 Å². The van der Waals surface area contributed by atoms with E-state index in [9.17, 15) is 18.0 Å². The van der Waals surface area contributed by atoms with E-state index < -0.39 is 28.5 Å². The molecule has 0 aliphatic carbocycles. The zero-order valence-corrected chi connectivity index (χ0v) is 27.0. The van der Waals surface area contributed by atoms with Gasteiger partial charge in [0.2, 0.25) is 11.8 Å². The summed E-state index contributed by atoms with van der Waals surface area (Å²) in [6.45, 7) is 7.12. The van der Waals surface area contributed by atoms with Crippen LogP contribution in [-0.2, 0) is 32.6 Å². The van der Waals surface area contributed by atoms with Crippen LogP contribution in [0.15, 0.2) is 108 Å². The molecule has 4 aromatic carbocycles. The number of nitrogens with one attached hydrogen (secondary N) is 1. The molecule has 1 atom stereocenters. The monoisotopic (exact) mass is 631 g/mol. The van der Waals surface area contributed by atoms with Gasteiger partial charge in [-0.3, -0.25) is 13.9 Å². The lowest BCUT2D eigenvalue weighted by Crippen LogP contribution is -2.54. The molecule has 0 heterocycles. The molecule has 0 saturated carbocycles. The fourth-order valence-corrected chi connectivity index (χ4v) is 6.40. The Morgan fingerprint density at radius 1 is 0.795 bits per heavy atom. The van der Waals surface area contributed by atoms with Crippen LogP contribution in [0, 0.1) is 13.8 Å².